The summed E-state index contributed by atoms with van der Waals surface area (Å²) in [6, 6.07) is 8.04. The molecule has 0 radical (unpaired) electrons. The number of nitrogens with two attached hydrogens (primary N) is 2. The topological polar surface area (TPSA) is 119 Å². The highest BCUT2D eigenvalue weighted by Crippen LogP contribution is 2.05. The number of hydrogen-bond donors (Lipinski definition) is 4. The third-order valence-corrected chi connectivity index (χ3v) is 3.23. The van der Waals surface area contributed by atoms with Crippen LogP contribution in [0.4, 0.5) is 0 Å². The summed E-state index contributed by atoms with van der Waals surface area (Å²) in [6.07, 6.45) is 0.479. The molecule has 0 aromatic heterocycles. The molecule has 0 unspecified atom stereocenters. The molecule has 0 fully saturated rings. The molecule has 0 aliphatic rings. The lowest BCUT2D eigenvalue weighted by Crippen LogP contribution is -2.54. The Hall–Kier alpha value is -1.96. The maximum Gasteiger partial charge on any atom is 0.256 e. The van der Waals surface area contributed by atoms with Crippen molar-refractivity contribution in [3.8, 4) is 0 Å². The van der Waals surface area contributed by atoms with E-state index in [-0.39, 0.29) is 12.5 Å². The third-order valence-electron chi connectivity index (χ3n) is 3.23. The average Bonchev–Trinajstić information content (AvgIpc) is 2.53. The Bertz CT molecular complexity index is 493. The first kappa shape index (κ1) is 19.1. The van der Waals surface area contributed by atoms with Crippen molar-refractivity contribution in [1.29, 1.82) is 0 Å². The molecular weight excluding hydrogens is 296 g/mol. The summed E-state index contributed by atoms with van der Waals surface area (Å²) in [5, 5.41) is 2.61. The van der Waals surface area contributed by atoms with Crippen LogP contribution >= 0.6 is 0 Å². The molecule has 1 aromatic carbocycles. The van der Waals surface area contributed by atoms with Gasteiger partial charge in [-0.3, -0.25) is 15.0 Å². The van der Waals surface area contributed by atoms with Crippen LogP contribution in [-0.4, -0.2) is 30.5 Å². The van der Waals surface area contributed by atoms with Crippen molar-refractivity contribution in [3.63, 3.8) is 0 Å². The summed E-state index contributed by atoms with van der Waals surface area (Å²) in [6.45, 7) is 4.34. The Morgan fingerprint density at radius 2 is 1.83 bits per heavy atom. The monoisotopic (exact) mass is 322 g/mol. The number of ether oxygens (including phenoxy) is 1. The van der Waals surface area contributed by atoms with Crippen LogP contribution in [0.5, 0.6) is 0 Å². The number of carbonyl (C=O) groups is 2. The van der Waals surface area contributed by atoms with Crippen molar-refractivity contribution < 1.29 is 14.3 Å². The zero-order valence-corrected chi connectivity index (χ0v) is 13.6. The Kier molecular flexibility index (Phi) is 8.25. The van der Waals surface area contributed by atoms with E-state index >= 15 is 0 Å². The lowest BCUT2D eigenvalue weighted by atomic mass is 10.0. The minimum absolute atomic E-state index is 0.0688. The minimum Gasteiger partial charge on any atom is -0.375 e. The molecule has 0 aliphatic carbocycles. The van der Waals surface area contributed by atoms with Gasteiger partial charge in [-0.2, -0.15) is 0 Å². The normalized spacial score (nSPS) is 13.4. The molecular formula is C16H26N4O3. The standard InChI is InChI=1S/C16H26N4O3/c1-11(2)8-14(16(22)20-18)19-15(21)13(17)10-23-9-12-6-4-3-5-7-12/h3-7,11,13-14H,8-10,17-18H2,1-2H3,(H,19,21)(H,20,22)/t13-,14+/m1/s1. The molecule has 7 heteroatoms. The van der Waals surface area contributed by atoms with E-state index in [4.69, 9.17) is 16.3 Å². The van der Waals surface area contributed by atoms with Gasteiger partial charge in [0, 0.05) is 0 Å². The largest absolute Gasteiger partial charge is 0.375 e. The van der Waals surface area contributed by atoms with Gasteiger partial charge in [0.15, 0.2) is 0 Å². The van der Waals surface area contributed by atoms with Crippen molar-refractivity contribution in [2.24, 2.45) is 17.5 Å². The van der Waals surface area contributed by atoms with Crippen LogP contribution in [0.15, 0.2) is 30.3 Å². The van der Waals surface area contributed by atoms with Crippen molar-refractivity contribution >= 4 is 11.8 Å². The quantitative estimate of drug-likeness (QED) is 0.291. The third kappa shape index (κ3) is 7.23. The van der Waals surface area contributed by atoms with Crippen LogP contribution in [0.25, 0.3) is 0 Å². The van der Waals surface area contributed by atoms with Crippen LogP contribution in [0.2, 0.25) is 0 Å². The van der Waals surface area contributed by atoms with Crippen LogP contribution in [0.3, 0.4) is 0 Å². The number of hydrazine groups is 1. The molecule has 1 aromatic rings. The van der Waals surface area contributed by atoms with Gasteiger partial charge in [0.05, 0.1) is 13.2 Å². The number of hydrogen-bond acceptors (Lipinski definition) is 5. The summed E-state index contributed by atoms with van der Waals surface area (Å²) < 4.78 is 5.44. The van der Waals surface area contributed by atoms with Crippen molar-refractivity contribution in [2.75, 3.05) is 6.61 Å². The van der Waals surface area contributed by atoms with E-state index in [9.17, 15) is 9.59 Å². The zero-order valence-electron chi connectivity index (χ0n) is 13.6. The Morgan fingerprint density at radius 3 is 2.39 bits per heavy atom. The molecule has 0 saturated heterocycles. The van der Waals surface area contributed by atoms with E-state index in [1.807, 2.05) is 44.2 Å². The first-order valence-electron chi connectivity index (χ1n) is 7.62. The summed E-state index contributed by atoms with van der Waals surface area (Å²) in [7, 11) is 0. The van der Waals surface area contributed by atoms with E-state index in [0.29, 0.717) is 13.0 Å². The average molecular weight is 322 g/mol. The minimum atomic E-state index is -0.848. The Labute approximate surface area is 136 Å². The molecule has 6 N–H and O–H groups in total. The molecule has 0 heterocycles. The van der Waals surface area contributed by atoms with Gasteiger partial charge >= 0.3 is 0 Å². The fourth-order valence-corrected chi connectivity index (χ4v) is 2.04. The van der Waals surface area contributed by atoms with Gasteiger partial charge in [0.25, 0.3) is 5.91 Å². The zero-order chi connectivity index (χ0) is 17.2. The summed E-state index contributed by atoms with van der Waals surface area (Å²) in [4.78, 5) is 23.7. The Balaban J connectivity index is 2.43. The van der Waals surface area contributed by atoms with Crippen LogP contribution < -0.4 is 22.3 Å². The van der Waals surface area contributed by atoms with Crippen LogP contribution in [-0.2, 0) is 20.9 Å². The van der Waals surface area contributed by atoms with Gasteiger partial charge in [-0.1, -0.05) is 44.2 Å². The van der Waals surface area contributed by atoms with E-state index in [1.165, 1.54) is 0 Å². The predicted octanol–water partition coefficient (Wildman–Crippen LogP) is 0.0513. The molecule has 0 bridgehead atoms. The van der Waals surface area contributed by atoms with Crippen LogP contribution in [0, 0.1) is 5.92 Å². The van der Waals surface area contributed by atoms with Gasteiger partial charge in [0.1, 0.15) is 12.1 Å². The fraction of sp³-hybridized carbons (Fsp3) is 0.500. The molecule has 2 amide bonds. The number of benzene rings is 1. The van der Waals surface area contributed by atoms with Crippen molar-refractivity contribution in [2.45, 2.75) is 39.0 Å². The van der Waals surface area contributed by atoms with Gasteiger partial charge in [-0.15, -0.1) is 0 Å². The lowest BCUT2D eigenvalue weighted by molar-refractivity contribution is -0.130. The second-order valence-corrected chi connectivity index (χ2v) is 5.81. The number of rotatable bonds is 9. The first-order valence-corrected chi connectivity index (χ1v) is 7.62. The first-order chi connectivity index (χ1) is 10.9. The second kappa shape index (κ2) is 9.94. The van der Waals surface area contributed by atoms with E-state index in [0.717, 1.165) is 5.56 Å². The molecule has 0 spiro atoms. The number of nitrogens with one attached hydrogen (secondary N) is 2. The van der Waals surface area contributed by atoms with Gasteiger partial charge in [0.2, 0.25) is 5.91 Å². The van der Waals surface area contributed by atoms with Gasteiger partial charge in [-0.05, 0) is 17.9 Å². The van der Waals surface area contributed by atoms with E-state index in [1.54, 1.807) is 0 Å². The summed E-state index contributed by atoms with van der Waals surface area (Å²) in [5.41, 5.74) is 8.86. The maximum absolute atomic E-state index is 12.1. The molecule has 0 aliphatic heterocycles. The molecule has 0 saturated carbocycles. The smallest absolute Gasteiger partial charge is 0.256 e. The lowest BCUT2D eigenvalue weighted by Gasteiger charge is -2.21. The summed E-state index contributed by atoms with van der Waals surface area (Å²) in [5.74, 6) is 4.49. The predicted molar refractivity (Wildman–Crippen MR) is 87.8 cm³/mol. The molecule has 23 heavy (non-hydrogen) atoms. The van der Waals surface area contributed by atoms with Crippen molar-refractivity contribution in [1.82, 2.24) is 10.7 Å². The highest BCUT2D eigenvalue weighted by Gasteiger charge is 2.24. The summed E-state index contributed by atoms with van der Waals surface area (Å²) >= 11 is 0. The van der Waals surface area contributed by atoms with E-state index < -0.39 is 23.9 Å². The van der Waals surface area contributed by atoms with Crippen molar-refractivity contribution in [3.05, 3.63) is 35.9 Å². The molecule has 7 nitrogen and oxygen atoms in total. The number of carbonyl (C=O) groups excluding carboxylic acids is 2. The molecule has 2 atom stereocenters. The highest BCUT2D eigenvalue weighted by molar-refractivity contribution is 5.89. The van der Waals surface area contributed by atoms with Gasteiger partial charge in [-0.25, -0.2) is 5.84 Å². The van der Waals surface area contributed by atoms with E-state index in [2.05, 4.69) is 10.7 Å². The highest BCUT2D eigenvalue weighted by atomic mass is 16.5. The fourth-order valence-electron chi connectivity index (χ4n) is 2.04. The Morgan fingerprint density at radius 1 is 1.17 bits per heavy atom. The SMILES string of the molecule is CC(C)C[C@H](NC(=O)[C@H](N)COCc1ccccc1)C(=O)NN. The van der Waals surface area contributed by atoms with Crippen LogP contribution in [0.1, 0.15) is 25.8 Å². The number of amides is 2. The second-order valence-electron chi connectivity index (χ2n) is 5.81. The molecule has 128 valence electrons. The maximum atomic E-state index is 12.1. The van der Waals surface area contributed by atoms with Gasteiger partial charge < -0.3 is 15.8 Å². The molecule has 1 rings (SSSR count).